The van der Waals surface area contributed by atoms with Crippen molar-refractivity contribution in [3.8, 4) is 0 Å². The second-order valence-electron chi connectivity index (χ2n) is 6.07. The molecule has 0 N–H and O–H groups in total. The SMILES string of the molecule is COCCOCC(=O)N1CCC(Cc2noc(C3CC3)n2)C1. The first kappa shape index (κ1) is 15.4. The fourth-order valence-electron chi connectivity index (χ4n) is 2.72. The average Bonchev–Trinajstić information content (AvgIpc) is 3.08. The lowest BCUT2D eigenvalue weighted by Crippen LogP contribution is -2.32. The molecule has 1 aromatic rings. The van der Waals surface area contributed by atoms with Gasteiger partial charge in [-0.1, -0.05) is 5.16 Å². The van der Waals surface area contributed by atoms with Gasteiger partial charge in [0.2, 0.25) is 11.8 Å². The van der Waals surface area contributed by atoms with E-state index in [1.54, 1.807) is 7.11 Å². The summed E-state index contributed by atoms with van der Waals surface area (Å²) in [5.74, 6) is 2.51. The van der Waals surface area contributed by atoms with E-state index >= 15 is 0 Å². The zero-order chi connectivity index (χ0) is 15.4. The van der Waals surface area contributed by atoms with Crippen molar-refractivity contribution in [2.75, 3.05) is 40.0 Å². The van der Waals surface area contributed by atoms with Gasteiger partial charge < -0.3 is 18.9 Å². The second-order valence-corrected chi connectivity index (χ2v) is 6.07. The van der Waals surface area contributed by atoms with E-state index in [0.717, 1.165) is 50.5 Å². The van der Waals surface area contributed by atoms with Gasteiger partial charge in [-0.2, -0.15) is 4.98 Å². The highest BCUT2D eigenvalue weighted by Gasteiger charge is 2.31. The summed E-state index contributed by atoms with van der Waals surface area (Å²) < 4.78 is 15.4. The van der Waals surface area contributed by atoms with Crippen molar-refractivity contribution in [1.82, 2.24) is 15.0 Å². The molecule has 0 radical (unpaired) electrons. The highest BCUT2D eigenvalue weighted by atomic mass is 16.5. The van der Waals surface area contributed by atoms with Crippen LogP contribution in [0.3, 0.4) is 0 Å². The van der Waals surface area contributed by atoms with Crippen LogP contribution >= 0.6 is 0 Å². The monoisotopic (exact) mass is 309 g/mol. The van der Waals surface area contributed by atoms with Gasteiger partial charge >= 0.3 is 0 Å². The summed E-state index contributed by atoms with van der Waals surface area (Å²) in [6, 6.07) is 0. The Morgan fingerprint density at radius 1 is 1.36 bits per heavy atom. The van der Waals surface area contributed by atoms with Crippen molar-refractivity contribution in [3.63, 3.8) is 0 Å². The van der Waals surface area contributed by atoms with E-state index in [-0.39, 0.29) is 12.5 Å². The third-order valence-electron chi connectivity index (χ3n) is 4.18. The molecule has 22 heavy (non-hydrogen) atoms. The number of aromatic nitrogens is 2. The second kappa shape index (κ2) is 7.19. The van der Waals surface area contributed by atoms with Crippen molar-refractivity contribution in [2.24, 2.45) is 5.92 Å². The molecule has 2 heterocycles. The number of methoxy groups -OCH3 is 1. The summed E-state index contributed by atoms with van der Waals surface area (Å²) >= 11 is 0. The molecular weight excluding hydrogens is 286 g/mol. The molecule has 0 bridgehead atoms. The number of ether oxygens (including phenoxy) is 2. The normalized spacial score (nSPS) is 21.5. The van der Waals surface area contributed by atoms with Gasteiger partial charge in [0, 0.05) is 32.5 Å². The fraction of sp³-hybridized carbons (Fsp3) is 0.800. The maximum absolute atomic E-state index is 12.0. The van der Waals surface area contributed by atoms with Gasteiger partial charge in [-0.05, 0) is 25.2 Å². The van der Waals surface area contributed by atoms with E-state index in [4.69, 9.17) is 14.0 Å². The minimum absolute atomic E-state index is 0.0467. The Morgan fingerprint density at radius 3 is 3.00 bits per heavy atom. The first-order valence-corrected chi connectivity index (χ1v) is 7.93. The van der Waals surface area contributed by atoms with Crippen LogP contribution in [0.2, 0.25) is 0 Å². The van der Waals surface area contributed by atoms with E-state index in [2.05, 4.69) is 10.1 Å². The van der Waals surface area contributed by atoms with Crippen LogP contribution in [-0.2, 0) is 20.7 Å². The lowest BCUT2D eigenvalue weighted by atomic mass is 10.1. The van der Waals surface area contributed by atoms with Crippen LogP contribution in [0.25, 0.3) is 0 Å². The van der Waals surface area contributed by atoms with Gasteiger partial charge in [0.1, 0.15) is 6.61 Å². The number of likely N-dealkylation sites (tertiary alicyclic amines) is 1. The molecule has 0 aromatic carbocycles. The minimum Gasteiger partial charge on any atom is -0.382 e. The maximum Gasteiger partial charge on any atom is 0.248 e. The molecule has 7 heteroatoms. The zero-order valence-corrected chi connectivity index (χ0v) is 13.0. The lowest BCUT2D eigenvalue weighted by Gasteiger charge is -2.16. The molecule has 3 rings (SSSR count). The van der Waals surface area contributed by atoms with Crippen molar-refractivity contribution < 1.29 is 18.8 Å². The summed E-state index contributed by atoms with van der Waals surface area (Å²) in [6.07, 6.45) is 4.09. The van der Waals surface area contributed by atoms with Crippen molar-refractivity contribution in [3.05, 3.63) is 11.7 Å². The Labute approximate surface area is 129 Å². The zero-order valence-electron chi connectivity index (χ0n) is 13.0. The predicted octanol–water partition coefficient (Wildman–Crippen LogP) is 1.00. The molecule has 7 nitrogen and oxygen atoms in total. The van der Waals surface area contributed by atoms with Crippen LogP contribution in [0.4, 0.5) is 0 Å². The van der Waals surface area contributed by atoms with Gasteiger partial charge in [-0.15, -0.1) is 0 Å². The molecule has 0 spiro atoms. The highest BCUT2D eigenvalue weighted by Crippen LogP contribution is 2.39. The van der Waals surface area contributed by atoms with Crippen molar-refractivity contribution >= 4 is 5.91 Å². The number of amides is 1. The number of hydrogen-bond acceptors (Lipinski definition) is 6. The van der Waals surface area contributed by atoms with E-state index in [0.29, 0.717) is 25.0 Å². The van der Waals surface area contributed by atoms with E-state index in [9.17, 15) is 4.79 Å². The maximum atomic E-state index is 12.0. The minimum atomic E-state index is 0.0467. The highest BCUT2D eigenvalue weighted by molar-refractivity contribution is 5.77. The van der Waals surface area contributed by atoms with E-state index in [1.807, 2.05) is 4.90 Å². The average molecular weight is 309 g/mol. The van der Waals surface area contributed by atoms with Crippen LogP contribution in [-0.4, -0.2) is 61.0 Å². The Balaban J connectivity index is 1.40. The van der Waals surface area contributed by atoms with Crippen molar-refractivity contribution in [2.45, 2.75) is 31.6 Å². The lowest BCUT2D eigenvalue weighted by molar-refractivity contribution is -0.135. The molecule has 1 amide bonds. The first-order valence-electron chi connectivity index (χ1n) is 7.93. The number of rotatable bonds is 8. The largest absolute Gasteiger partial charge is 0.382 e. The van der Waals surface area contributed by atoms with E-state index < -0.39 is 0 Å². The molecule has 2 aliphatic rings. The molecule has 2 fully saturated rings. The molecule has 1 aliphatic heterocycles. The summed E-state index contributed by atoms with van der Waals surface area (Å²) in [7, 11) is 1.61. The predicted molar refractivity (Wildman–Crippen MR) is 77.4 cm³/mol. The summed E-state index contributed by atoms with van der Waals surface area (Å²) in [4.78, 5) is 18.3. The summed E-state index contributed by atoms with van der Waals surface area (Å²) in [5, 5.41) is 4.05. The van der Waals surface area contributed by atoms with Crippen LogP contribution in [0.5, 0.6) is 0 Å². The molecule has 1 aliphatic carbocycles. The molecule has 1 unspecified atom stereocenters. The quantitative estimate of drug-likeness (QED) is 0.667. The third-order valence-corrected chi connectivity index (χ3v) is 4.18. The fourth-order valence-corrected chi connectivity index (χ4v) is 2.72. The number of hydrogen-bond donors (Lipinski definition) is 0. The number of carbonyl (C=O) groups is 1. The van der Waals surface area contributed by atoms with Gasteiger partial charge in [0.15, 0.2) is 5.82 Å². The molecule has 1 aromatic heterocycles. The Hall–Kier alpha value is -1.47. The Bertz CT molecular complexity index is 501. The van der Waals surface area contributed by atoms with Gasteiger partial charge in [-0.3, -0.25) is 4.79 Å². The van der Waals surface area contributed by atoms with Crippen LogP contribution in [0, 0.1) is 5.92 Å². The smallest absolute Gasteiger partial charge is 0.248 e. The topological polar surface area (TPSA) is 77.7 Å². The Morgan fingerprint density at radius 2 is 2.23 bits per heavy atom. The first-order chi connectivity index (χ1) is 10.8. The molecule has 1 saturated heterocycles. The van der Waals surface area contributed by atoms with Crippen molar-refractivity contribution in [1.29, 1.82) is 0 Å². The van der Waals surface area contributed by atoms with Gasteiger partial charge in [0.05, 0.1) is 13.2 Å². The van der Waals surface area contributed by atoms with Crippen LogP contribution < -0.4 is 0 Å². The van der Waals surface area contributed by atoms with Gasteiger partial charge in [0.25, 0.3) is 0 Å². The van der Waals surface area contributed by atoms with Crippen LogP contribution in [0.15, 0.2) is 4.52 Å². The van der Waals surface area contributed by atoms with Gasteiger partial charge in [-0.25, -0.2) is 0 Å². The van der Waals surface area contributed by atoms with Crippen LogP contribution in [0.1, 0.15) is 36.9 Å². The molecule has 1 saturated carbocycles. The van der Waals surface area contributed by atoms with E-state index in [1.165, 1.54) is 0 Å². The standard InChI is InChI=1S/C15H23N3O4/c1-20-6-7-21-10-14(19)18-5-4-11(9-18)8-13-16-15(22-17-13)12-2-3-12/h11-12H,2-10H2,1H3. The third kappa shape index (κ3) is 4.04. The molecule has 122 valence electrons. The Kier molecular flexibility index (Phi) is 5.04. The molecule has 1 atom stereocenters. The molecular formula is C15H23N3O4. The number of nitrogens with zero attached hydrogens (tertiary/aromatic N) is 3. The summed E-state index contributed by atoms with van der Waals surface area (Å²) in [5.41, 5.74) is 0. The number of carbonyl (C=O) groups excluding carboxylic acids is 1. The summed E-state index contributed by atoms with van der Waals surface area (Å²) in [6.45, 7) is 2.62.